The van der Waals surface area contributed by atoms with Crippen LogP contribution in [0.3, 0.4) is 0 Å². The van der Waals surface area contributed by atoms with Crippen molar-refractivity contribution in [1.82, 2.24) is 5.32 Å². The van der Waals surface area contributed by atoms with Gasteiger partial charge in [0.25, 0.3) is 0 Å². The summed E-state index contributed by atoms with van der Waals surface area (Å²) in [6.07, 6.45) is 5.25. The summed E-state index contributed by atoms with van der Waals surface area (Å²) in [6.45, 7) is 2.25. The molecule has 1 atom stereocenters. The molecule has 0 unspecified atom stereocenters. The highest BCUT2D eigenvalue weighted by Gasteiger charge is 2.33. The fraction of sp³-hybridized carbons (Fsp3) is 0.556. The second kappa shape index (κ2) is 7.99. The van der Waals surface area contributed by atoms with Crippen molar-refractivity contribution in [1.29, 1.82) is 0 Å². The van der Waals surface area contributed by atoms with Crippen LogP contribution in [0.25, 0.3) is 0 Å². The molecule has 5 nitrogen and oxygen atoms in total. The van der Waals surface area contributed by atoms with Crippen LogP contribution in [-0.2, 0) is 16.1 Å². The zero-order valence-electron chi connectivity index (χ0n) is 13.6. The van der Waals surface area contributed by atoms with Gasteiger partial charge in [-0.2, -0.15) is 0 Å². The number of carbonyl (C=O) groups excluding carboxylic acids is 1. The van der Waals surface area contributed by atoms with Gasteiger partial charge in [-0.15, -0.1) is 0 Å². The molecule has 1 aromatic carbocycles. The van der Waals surface area contributed by atoms with E-state index < -0.39 is 18.1 Å². The van der Waals surface area contributed by atoms with Crippen LogP contribution in [0.5, 0.6) is 0 Å². The number of rotatable bonds is 6. The highest BCUT2D eigenvalue weighted by atomic mass is 16.5. The van der Waals surface area contributed by atoms with Crippen molar-refractivity contribution in [2.75, 3.05) is 0 Å². The van der Waals surface area contributed by atoms with Gasteiger partial charge in [0, 0.05) is 0 Å². The minimum absolute atomic E-state index is 0.0198. The summed E-state index contributed by atoms with van der Waals surface area (Å²) < 4.78 is 5.12. The van der Waals surface area contributed by atoms with E-state index in [1.807, 2.05) is 30.3 Å². The molecule has 0 radical (unpaired) electrons. The van der Waals surface area contributed by atoms with Crippen LogP contribution in [-0.4, -0.2) is 23.2 Å². The highest BCUT2D eigenvalue weighted by Crippen LogP contribution is 2.39. The third-order valence-corrected chi connectivity index (χ3v) is 4.56. The fourth-order valence-corrected chi connectivity index (χ4v) is 3.21. The molecular weight excluding hydrogens is 294 g/mol. The number of carbonyl (C=O) groups is 2. The van der Waals surface area contributed by atoms with Crippen LogP contribution in [0.2, 0.25) is 0 Å². The predicted molar refractivity (Wildman–Crippen MR) is 87.0 cm³/mol. The van der Waals surface area contributed by atoms with Gasteiger partial charge in [0.2, 0.25) is 0 Å². The van der Waals surface area contributed by atoms with Gasteiger partial charge < -0.3 is 15.2 Å². The summed E-state index contributed by atoms with van der Waals surface area (Å²) >= 11 is 0. The van der Waals surface area contributed by atoms with Crippen molar-refractivity contribution in [3.05, 3.63) is 35.9 Å². The molecule has 2 N–H and O–H groups in total. The zero-order valence-corrected chi connectivity index (χ0v) is 13.6. The molecule has 2 rings (SSSR count). The van der Waals surface area contributed by atoms with Gasteiger partial charge in [0.05, 0.1) is 0 Å². The maximum Gasteiger partial charge on any atom is 0.408 e. The Bertz CT molecular complexity index is 523. The molecule has 0 aromatic heterocycles. The lowest BCUT2D eigenvalue weighted by atomic mass is 9.72. The topological polar surface area (TPSA) is 75.6 Å². The maximum atomic E-state index is 11.9. The normalized spacial score (nSPS) is 18.0. The van der Waals surface area contributed by atoms with Crippen LogP contribution in [0.1, 0.15) is 51.0 Å². The van der Waals surface area contributed by atoms with Crippen molar-refractivity contribution in [2.45, 2.75) is 58.1 Å². The first-order valence-corrected chi connectivity index (χ1v) is 8.19. The molecule has 0 bridgehead atoms. The summed E-state index contributed by atoms with van der Waals surface area (Å²) in [4.78, 5) is 23.3. The van der Waals surface area contributed by atoms with Crippen molar-refractivity contribution >= 4 is 12.1 Å². The van der Waals surface area contributed by atoms with Crippen molar-refractivity contribution in [2.24, 2.45) is 5.41 Å². The van der Waals surface area contributed by atoms with E-state index in [1.165, 1.54) is 6.42 Å². The number of benzene rings is 1. The Labute approximate surface area is 137 Å². The second-order valence-electron chi connectivity index (χ2n) is 6.67. The third kappa shape index (κ3) is 5.58. The lowest BCUT2D eigenvalue weighted by Crippen LogP contribution is -2.44. The number of hydrogen-bond donors (Lipinski definition) is 2. The summed E-state index contributed by atoms with van der Waals surface area (Å²) in [5.74, 6) is -1.01. The standard InChI is InChI=1S/C18H25NO4/c1-18(10-6-3-7-11-18)12-15(16(20)21)19-17(22)23-13-14-8-4-2-5-9-14/h2,4-5,8-9,15H,3,6-7,10-13H2,1H3,(H,19,22)(H,20,21)/t15-/m0/s1. The Kier molecular flexibility index (Phi) is 6.02. The minimum Gasteiger partial charge on any atom is -0.480 e. The largest absolute Gasteiger partial charge is 0.480 e. The van der Waals surface area contributed by atoms with E-state index in [0.29, 0.717) is 6.42 Å². The fourth-order valence-electron chi connectivity index (χ4n) is 3.21. The summed E-state index contributed by atoms with van der Waals surface area (Å²) in [6, 6.07) is 8.41. The average Bonchev–Trinajstić information content (AvgIpc) is 2.54. The lowest BCUT2D eigenvalue weighted by molar-refractivity contribution is -0.140. The summed E-state index contributed by atoms with van der Waals surface area (Å²) in [5.41, 5.74) is 0.849. The smallest absolute Gasteiger partial charge is 0.408 e. The quantitative estimate of drug-likeness (QED) is 0.838. The van der Waals surface area contributed by atoms with Crippen molar-refractivity contribution in [3.8, 4) is 0 Å². The van der Waals surface area contributed by atoms with E-state index in [9.17, 15) is 14.7 Å². The molecule has 0 heterocycles. The molecule has 1 amide bonds. The Hall–Kier alpha value is -2.04. The summed E-state index contributed by atoms with van der Waals surface area (Å²) in [7, 11) is 0. The van der Waals surface area contributed by atoms with E-state index in [4.69, 9.17) is 4.74 Å². The molecular formula is C18H25NO4. The van der Waals surface area contributed by atoms with Gasteiger partial charge in [-0.3, -0.25) is 0 Å². The molecule has 0 spiro atoms. The zero-order chi connectivity index (χ0) is 16.7. The van der Waals surface area contributed by atoms with Gasteiger partial charge >= 0.3 is 12.1 Å². The van der Waals surface area contributed by atoms with E-state index in [1.54, 1.807) is 0 Å². The first-order chi connectivity index (χ1) is 11.0. The predicted octanol–water partition coefficient (Wildman–Crippen LogP) is 3.73. The first-order valence-electron chi connectivity index (χ1n) is 8.19. The molecule has 126 valence electrons. The maximum absolute atomic E-state index is 11.9. The number of alkyl carbamates (subject to hydrolysis) is 1. The number of nitrogens with one attached hydrogen (secondary N) is 1. The number of aliphatic carboxylic acids is 1. The van der Waals surface area contributed by atoms with Gasteiger partial charge in [-0.25, -0.2) is 9.59 Å². The molecule has 1 aliphatic carbocycles. The third-order valence-electron chi connectivity index (χ3n) is 4.56. The van der Waals surface area contributed by atoms with Crippen molar-refractivity contribution < 1.29 is 19.4 Å². The number of amides is 1. The SMILES string of the molecule is CC1(C[C@H](NC(=O)OCc2ccccc2)C(=O)O)CCCCC1. The van der Waals surface area contributed by atoms with Gasteiger partial charge in [0.15, 0.2) is 0 Å². The number of hydrogen-bond acceptors (Lipinski definition) is 3. The van der Waals surface area contributed by atoms with E-state index in [0.717, 1.165) is 31.2 Å². The molecule has 1 saturated carbocycles. The minimum atomic E-state index is -1.01. The number of carboxylic acids is 1. The molecule has 0 saturated heterocycles. The van der Waals surface area contributed by atoms with E-state index in [2.05, 4.69) is 12.2 Å². The van der Waals surface area contributed by atoms with Gasteiger partial charge in [-0.05, 0) is 30.2 Å². The van der Waals surface area contributed by atoms with Crippen LogP contribution >= 0.6 is 0 Å². The van der Waals surface area contributed by atoms with Crippen molar-refractivity contribution in [3.63, 3.8) is 0 Å². The highest BCUT2D eigenvalue weighted by molar-refractivity contribution is 5.79. The molecule has 23 heavy (non-hydrogen) atoms. The second-order valence-corrected chi connectivity index (χ2v) is 6.67. The van der Waals surface area contributed by atoms with Crippen LogP contribution in [0, 0.1) is 5.41 Å². The molecule has 0 aliphatic heterocycles. The molecule has 1 aromatic rings. The first kappa shape index (κ1) is 17.3. The Morgan fingerprint density at radius 3 is 2.48 bits per heavy atom. The van der Waals surface area contributed by atoms with Crippen LogP contribution in [0.15, 0.2) is 30.3 Å². The lowest BCUT2D eigenvalue weighted by Gasteiger charge is -2.35. The van der Waals surface area contributed by atoms with Crippen LogP contribution < -0.4 is 5.32 Å². The van der Waals surface area contributed by atoms with Crippen LogP contribution in [0.4, 0.5) is 4.79 Å². The van der Waals surface area contributed by atoms with Gasteiger partial charge in [-0.1, -0.05) is 56.5 Å². The number of ether oxygens (including phenoxy) is 1. The Balaban J connectivity index is 1.86. The van der Waals surface area contributed by atoms with E-state index in [-0.39, 0.29) is 12.0 Å². The molecule has 5 heteroatoms. The van der Waals surface area contributed by atoms with Gasteiger partial charge in [0.1, 0.15) is 12.6 Å². The van der Waals surface area contributed by atoms with E-state index >= 15 is 0 Å². The summed E-state index contributed by atoms with van der Waals surface area (Å²) in [5, 5.41) is 11.9. The monoisotopic (exact) mass is 319 g/mol. The Morgan fingerprint density at radius 1 is 1.22 bits per heavy atom. The molecule has 1 aliphatic rings. The Morgan fingerprint density at radius 2 is 1.87 bits per heavy atom. The number of carboxylic acid groups (broad SMARTS) is 1. The average molecular weight is 319 g/mol. The molecule has 1 fully saturated rings.